The molecule has 1 fully saturated rings. The van der Waals surface area contributed by atoms with Gasteiger partial charge in [-0.15, -0.1) is 0 Å². The minimum atomic E-state index is -1.64. The molecule has 0 aliphatic carbocycles. The van der Waals surface area contributed by atoms with Gasteiger partial charge in [-0.2, -0.15) is 0 Å². The molecular formula is C20H22O9. The summed E-state index contributed by atoms with van der Waals surface area (Å²) in [6.45, 7) is -0.945. The van der Waals surface area contributed by atoms with E-state index in [9.17, 15) is 30.3 Å². The number of aromatic hydroxyl groups is 1. The number of benzene rings is 2. The van der Waals surface area contributed by atoms with Gasteiger partial charge in [0.15, 0.2) is 6.10 Å². The van der Waals surface area contributed by atoms with Gasteiger partial charge in [-0.1, -0.05) is 30.3 Å². The van der Waals surface area contributed by atoms with E-state index in [1.807, 2.05) is 0 Å². The van der Waals surface area contributed by atoms with E-state index in [4.69, 9.17) is 14.2 Å². The maximum Gasteiger partial charge on any atom is 0.342 e. The molecule has 0 amide bonds. The topological polar surface area (TPSA) is 146 Å². The second-order valence-electron chi connectivity index (χ2n) is 6.48. The first-order valence-electron chi connectivity index (χ1n) is 8.93. The zero-order chi connectivity index (χ0) is 21.0. The van der Waals surface area contributed by atoms with E-state index < -0.39 is 43.3 Å². The number of para-hydroxylation sites is 2. The minimum absolute atomic E-state index is 0.145. The largest absolute Gasteiger partial charge is 0.507 e. The summed E-state index contributed by atoms with van der Waals surface area (Å²) in [5.41, 5.74) is 0.274. The van der Waals surface area contributed by atoms with Gasteiger partial charge < -0.3 is 39.7 Å². The molecule has 0 saturated carbocycles. The molecule has 2 aromatic rings. The number of carbonyl (C=O) groups is 1. The Morgan fingerprint density at radius 1 is 1.00 bits per heavy atom. The third-order valence-electron chi connectivity index (χ3n) is 4.58. The first kappa shape index (κ1) is 21.0. The minimum Gasteiger partial charge on any atom is -0.507 e. The molecule has 29 heavy (non-hydrogen) atoms. The zero-order valence-electron chi connectivity index (χ0n) is 15.3. The highest BCUT2D eigenvalue weighted by Crippen LogP contribution is 2.29. The summed E-state index contributed by atoms with van der Waals surface area (Å²) in [6.07, 6.45) is -7.24. The lowest BCUT2D eigenvalue weighted by molar-refractivity contribution is -0.276. The fourth-order valence-electron chi connectivity index (χ4n) is 2.98. The molecule has 0 unspecified atom stereocenters. The molecule has 9 heteroatoms. The number of aliphatic hydroxyl groups excluding tert-OH is 4. The van der Waals surface area contributed by atoms with Gasteiger partial charge >= 0.3 is 5.97 Å². The lowest BCUT2D eigenvalue weighted by atomic mass is 9.99. The molecule has 1 saturated heterocycles. The number of hydrogen-bond donors (Lipinski definition) is 5. The maximum atomic E-state index is 12.5. The van der Waals surface area contributed by atoms with Crippen LogP contribution in [0.2, 0.25) is 0 Å². The Morgan fingerprint density at radius 2 is 1.69 bits per heavy atom. The molecule has 9 nitrogen and oxygen atoms in total. The summed E-state index contributed by atoms with van der Waals surface area (Å²) >= 11 is 0. The standard InChI is InChI=1S/C20H22O9/c21-9-11-5-1-4-8-14(11)27-20-18(17(25)16(24)15(10-22)28-20)29-19(26)12-6-2-3-7-13(12)23/h1-8,15-18,20-25H,9-10H2/t15-,16-,17+,18-,20-/m0/s1. The van der Waals surface area contributed by atoms with Crippen LogP contribution >= 0.6 is 0 Å². The Morgan fingerprint density at radius 3 is 2.38 bits per heavy atom. The molecule has 5 N–H and O–H groups in total. The van der Waals surface area contributed by atoms with Crippen molar-refractivity contribution >= 4 is 5.97 Å². The molecular weight excluding hydrogens is 384 g/mol. The number of esters is 1. The molecule has 5 atom stereocenters. The van der Waals surface area contributed by atoms with Gasteiger partial charge in [-0.3, -0.25) is 0 Å². The van der Waals surface area contributed by atoms with E-state index in [2.05, 4.69) is 0 Å². The van der Waals surface area contributed by atoms with Crippen LogP contribution in [0.25, 0.3) is 0 Å². The number of hydrogen-bond acceptors (Lipinski definition) is 9. The summed E-state index contributed by atoms with van der Waals surface area (Å²) in [5.74, 6) is -1.07. The summed E-state index contributed by atoms with van der Waals surface area (Å²) < 4.78 is 16.5. The molecule has 3 rings (SSSR count). The van der Waals surface area contributed by atoms with Crippen molar-refractivity contribution in [2.24, 2.45) is 0 Å². The van der Waals surface area contributed by atoms with Gasteiger partial charge in [0.2, 0.25) is 6.29 Å². The van der Waals surface area contributed by atoms with Gasteiger partial charge in [0.1, 0.15) is 35.4 Å². The van der Waals surface area contributed by atoms with Crippen molar-refractivity contribution in [3.05, 3.63) is 59.7 Å². The molecule has 0 aromatic heterocycles. The second-order valence-corrected chi connectivity index (χ2v) is 6.48. The number of aliphatic hydroxyl groups is 4. The predicted octanol–water partition coefficient (Wildman–Crippen LogP) is -0.0721. The number of ether oxygens (including phenoxy) is 3. The van der Waals surface area contributed by atoms with Crippen molar-refractivity contribution in [2.75, 3.05) is 6.61 Å². The number of phenols is 1. The van der Waals surface area contributed by atoms with Crippen molar-refractivity contribution in [1.82, 2.24) is 0 Å². The quantitative estimate of drug-likeness (QED) is 0.416. The average Bonchev–Trinajstić information content (AvgIpc) is 2.73. The van der Waals surface area contributed by atoms with Crippen LogP contribution < -0.4 is 4.74 Å². The fraction of sp³-hybridized carbons (Fsp3) is 0.350. The van der Waals surface area contributed by atoms with Crippen LogP contribution in [0.5, 0.6) is 11.5 Å². The molecule has 1 aliphatic heterocycles. The third kappa shape index (κ3) is 4.50. The van der Waals surface area contributed by atoms with E-state index in [0.717, 1.165) is 0 Å². The van der Waals surface area contributed by atoms with Crippen LogP contribution in [0, 0.1) is 0 Å². The van der Waals surface area contributed by atoms with Gasteiger partial charge in [-0.25, -0.2) is 4.79 Å². The van der Waals surface area contributed by atoms with Crippen molar-refractivity contribution < 1.29 is 44.5 Å². The van der Waals surface area contributed by atoms with Crippen LogP contribution in [0.1, 0.15) is 15.9 Å². The Balaban J connectivity index is 1.87. The lowest BCUT2D eigenvalue weighted by Gasteiger charge is -2.41. The Hall–Kier alpha value is -2.69. The van der Waals surface area contributed by atoms with Crippen LogP contribution in [0.4, 0.5) is 0 Å². The van der Waals surface area contributed by atoms with Crippen molar-refractivity contribution in [3.8, 4) is 11.5 Å². The highest BCUT2D eigenvalue weighted by Gasteiger charge is 2.48. The number of carbonyl (C=O) groups excluding carboxylic acids is 1. The summed E-state index contributed by atoms with van der Waals surface area (Å²) in [5, 5.41) is 49.4. The normalized spacial score (nSPS) is 26.7. The summed E-state index contributed by atoms with van der Waals surface area (Å²) in [7, 11) is 0. The van der Waals surface area contributed by atoms with Crippen molar-refractivity contribution in [3.63, 3.8) is 0 Å². The number of phenolic OH excluding ortho intramolecular Hbond substituents is 1. The van der Waals surface area contributed by atoms with Crippen LogP contribution in [0.15, 0.2) is 48.5 Å². The van der Waals surface area contributed by atoms with E-state index in [-0.39, 0.29) is 23.7 Å². The van der Waals surface area contributed by atoms with E-state index in [1.54, 1.807) is 24.3 Å². The highest BCUT2D eigenvalue weighted by molar-refractivity contribution is 5.92. The predicted molar refractivity (Wildman–Crippen MR) is 98.1 cm³/mol. The Labute approximate surface area is 166 Å². The van der Waals surface area contributed by atoms with Crippen LogP contribution in [0.3, 0.4) is 0 Å². The Kier molecular flexibility index (Phi) is 6.68. The average molecular weight is 406 g/mol. The lowest BCUT2D eigenvalue weighted by Crippen LogP contribution is -2.61. The first-order chi connectivity index (χ1) is 14.0. The number of rotatable bonds is 6. The SMILES string of the molecule is O=C(O[C@@H]1[C@@H](Oc2ccccc2CO)O[C@@H](CO)[C@H](O)[C@H]1O)c1ccccc1O. The summed E-state index contributed by atoms with van der Waals surface area (Å²) in [4.78, 5) is 12.5. The monoisotopic (exact) mass is 406 g/mol. The Bertz CT molecular complexity index is 840. The van der Waals surface area contributed by atoms with E-state index >= 15 is 0 Å². The van der Waals surface area contributed by atoms with Crippen molar-refractivity contribution in [1.29, 1.82) is 0 Å². The fourth-order valence-corrected chi connectivity index (χ4v) is 2.98. The van der Waals surface area contributed by atoms with Crippen LogP contribution in [-0.2, 0) is 16.1 Å². The third-order valence-corrected chi connectivity index (χ3v) is 4.58. The molecule has 156 valence electrons. The van der Waals surface area contributed by atoms with Crippen molar-refractivity contribution in [2.45, 2.75) is 37.3 Å². The first-order valence-corrected chi connectivity index (χ1v) is 8.93. The molecule has 2 aromatic carbocycles. The molecule has 0 spiro atoms. The molecule has 0 radical (unpaired) electrons. The second kappa shape index (κ2) is 9.21. The maximum absolute atomic E-state index is 12.5. The van der Waals surface area contributed by atoms with Gasteiger partial charge in [0.25, 0.3) is 0 Å². The van der Waals surface area contributed by atoms with E-state index in [1.165, 1.54) is 24.3 Å². The van der Waals surface area contributed by atoms with E-state index in [0.29, 0.717) is 5.56 Å². The van der Waals surface area contributed by atoms with Gasteiger partial charge in [-0.05, 0) is 18.2 Å². The molecule has 0 bridgehead atoms. The van der Waals surface area contributed by atoms with Gasteiger partial charge in [0.05, 0.1) is 13.2 Å². The van der Waals surface area contributed by atoms with Gasteiger partial charge in [0, 0.05) is 5.56 Å². The molecule has 1 aliphatic rings. The van der Waals surface area contributed by atoms with Crippen LogP contribution in [-0.4, -0.2) is 68.8 Å². The smallest absolute Gasteiger partial charge is 0.342 e. The highest BCUT2D eigenvalue weighted by atomic mass is 16.7. The zero-order valence-corrected chi connectivity index (χ0v) is 15.3. The summed E-state index contributed by atoms with van der Waals surface area (Å²) in [6, 6.07) is 12.2. The molecule has 1 heterocycles.